The van der Waals surface area contributed by atoms with Gasteiger partial charge in [-0.2, -0.15) is 0 Å². The van der Waals surface area contributed by atoms with Gasteiger partial charge in [-0.15, -0.1) is 5.10 Å². The standard InChI is InChI=1S/C22H23N5O/c1-14(2)17-12-8-9-13-18(17)15(3)25-19(20(23)24-4)22-27-26-21(28-22)16-10-6-5-7-11-16/h5-14,23,27H,4H2,1-3H3. The number of benzene rings is 2. The summed E-state index contributed by atoms with van der Waals surface area (Å²) in [5.41, 5.74) is 6.88. The molecule has 0 atom stereocenters. The van der Waals surface area contributed by atoms with Crippen molar-refractivity contribution in [1.82, 2.24) is 5.43 Å². The normalized spacial score (nSPS) is 15.6. The van der Waals surface area contributed by atoms with Gasteiger partial charge in [-0.25, -0.2) is 15.4 Å². The van der Waals surface area contributed by atoms with Crippen molar-refractivity contribution >= 4 is 24.2 Å². The first kappa shape index (κ1) is 19.2. The molecular formula is C22H23N5O. The Hall–Kier alpha value is -3.54. The van der Waals surface area contributed by atoms with Gasteiger partial charge in [0.15, 0.2) is 11.5 Å². The van der Waals surface area contributed by atoms with Gasteiger partial charge in [-0.1, -0.05) is 56.3 Å². The Kier molecular flexibility index (Phi) is 5.79. The third-order valence-electron chi connectivity index (χ3n) is 4.33. The number of rotatable bonds is 5. The average Bonchev–Trinajstić information content (AvgIpc) is 3.21. The molecule has 1 aliphatic rings. The van der Waals surface area contributed by atoms with Crippen molar-refractivity contribution in [3.05, 3.63) is 82.9 Å². The molecule has 0 aliphatic carbocycles. The lowest BCUT2D eigenvalue weighted by atomic mass is 9.95. The van der Waals surface area contributed by atoms with Gasteiger partial charge in [0.25, 0.3) is 0 Å². The van der Waals surface area contributed by atoms with Gasteiger partial charge in [0, 0.05) is 11.3 Å². The first-order chi connectivity index (χ1) is 13.5. The van der Waals surface area contributed by atoms with Crippen LogP contribution >= 0.6 is 0 Å². The summed E-state index contributed by atoms with van der Waals surface area (Å²) in [6.07, 6.45) is 0. The van der Waals surface area contributed by atoms with Crippen LogP contribution in [-0.4, -0.2) is 24.2 Å². The molecule has 6 nitrogen and oxygen atoms in total. The minimum atomic E-state index is -0.0895. The zero-order valence-electron chi connectivity index (χ0n) is 16.2. The summed E-state index contributed by atoms with van der Waals surface area (Å²) in [6, 6.07) is 17.6. The predicted octanol–water partition coefficient (Wildman–Crippen LogP) is 4.45. The molecular weight excluding hydrogens is 350 g/mol. The van der Waals surface area contributed by atoms with E-state index in [4.69, 9.17) is 10.1 Å². The molecule has 0 fully saturated rings. The van der Waals surface area contributed by atoms with Crippen molar-refractivity contribution < 1.29 is 4.74 Å². The minimum absolute atomic E-state index is 0.0895. The Morgan fingerprint density at radius 2 is 1.79 bits per heavy atom. The van der Waals surface area contributed by atoms with Crippen LogP contribution in [0.5, 0.6) is 0 Å². The highest BCUT2D eigenvalue weighted by molar-refractivity contribution is 6.06. The highest BCUT2D eigenvalue weighted by Gasteiger charge is 2.22. The molecule has 0 amide bonds. The van der Waals surface area contributed by atoms with Gasteiger partial charge < -0.3 is 4.74 Å². The van der Waals surface area contributed by atoms with Gasteiger partial charge in [-0.05, 0) is 42.8 Å². The maximum Gasteiger partial charge on any atom is 0.245 e. The van der Waals surface area contributed by atoms with E-state index in [0.29, 0.717) is 11.8 Å². The minimum Gasteiger partial charge on any atom is -0.417 e. The first-order valence-corrected chi connectivity index (χ1v) is 9.02. The number of hydrogen-bond acceptors (Lipinski definition) is 5. The molecule has 0 spiro atoms. The van der Waals surface area contributed by atoms with Gasteiger partial charge >= 0.3 is 0 Å². The lowest BCUT2D eigenvalue weighted by molar-refractivity contribution is 0.412. The lowest BCUT2D eigenvalue weighted by Crippen LogP contribution is -2.12. The van der Waals surface area contributed by atoms with Crippen molar-refractivity contribution in [3.8, 4) is 0 Å². The second-order valence-electron chi connectivity index (χ2n) is 6.62. The average molecular weight is 373 g/mol. The Morgan fingerprint density at radius 1 is 1.11 bits per heavy atom. The third-order valence-corrected chi connectivity index (χ3v) is 4.33. The quantitative estimate of drug-likeness (QED) is 0.600. The van der Waals surface area contributed by atoms with Crippen molar-refractivity contribution in [2.75, 3.05) is 0 Å². The van der Waals surface area contributed by atoms with Crippen LogP contribution in [0, 0.1) is 5.41 Å². The topological polar surface area (TPSA) is 82.2 Å². The molecule has 0 saturated heterocycles. The van der Waals surface area contributed by atoms with Gasteiger partial charge in [0.2, 0.25) is 11.8 Å². The molecule has 1 heterocycles. The van der Waals surface area contributed by atoms with Gasteiger partial charge in [-0.3, -0.25) is 5.41 Å². The molecule has 2 aromatic carbocycles. The Labute approximate surface area is 164 Å². The second-order valence-corrected chi connectivity index (χ2v) is 6.62. The number of hydrazone groups is 1. The molecule has 0 radical (unpaired) electrons. The summed E-state index contributed by atoms with van der Waals surface area (Å²) in [4.78, 5) is 8.38. The van der Waals surface area contributed by atoms with Gasteiger partial charge in [0.1, 0.15) is 0 Å². The van der Waals surface area contributed by atoms with Crippen LogP contribution in [0.3, 0.4) is 0 Å². The molecule has 0 bridgehead atoms. The first-order valence-electron chi connectivity index (χ1n) is 9.02. The van der Waals surface area contributed by atoms with Crippen molar-refractivity contribution in [2.24, 2.45) is 15.1 Å². The fraction of sp³-hybridized carbons (Fsp3) is 0.182. The highest BCUT2D eigenvalue weighted by atomic mass is 16.5. The van der Waals surface area contributed by atoms with Crippen LogP contribution in [0.1, 0.15) is 43.4 Å². The summed E-state index contributed by atoms with van der Waals surface area (Å²) < 4.78 is 5.83. The van der Waals surface area contributed by atoms with E-state index in [9.17, 15) is 0 Å². The van der Waals surface area contributed by atoms with Gasteiger partial charge in [0.05, 0.1) is 0 Å². The number of aliphatic imine (C=N–C) groups is 2. The van der Waals surface area contributed by atoms with E-state index in [1.165, 1.54) is 5.56 Å². The Balaban J connectivity index is 1.99. The maximum absolute atomic E-state index is 8.16. The van der Waals surface area contributed by atoms with Crippen LogP contribution < -0.4 is 5.43 Å². The molecule has 3 rings (SSSR count). The summed E-state index contributed by atoms with van der Waals surface area (Å²) >= 11 is 0. The molecule has 2 aromatic rings. The summed E-state index contributed by atoms with van der Waals surface area (Å²) in [7, 11) is 0. The SMILES string of the molecule is C=NC(=N)C(N=C(C)c1ccccc1C(C)C)=C1NN=C(c2ccccc2)O1. The Bertz CT molecular complexity index is 987. The molecule has 0 saturated carbocycles. The van der Waals surface area contributed by atoms with E-state index in [1.54, 1.807) is 0 Å². The van der Waals surface area contributed by atoms with E-state index < -0.39 is 0 Å². The number of hydrogen-bond donors (Lipinski definition) is 2. The van der Waals surface area contributed by atoms with Crippen LogP contribution in [0.2, 0.25) is 0 Å². The van der Waals surface area contributed by atoms with Crippen LogP contribution in [0.25, 0.3) is 0 Å². The highest BCUT2D eigenvalue weighted by Crippen LogP contribution is 2.22. The molecule has 1 aliphatic heterocycles. The van der Waals surface area contributed by atoms with E-state index >= 15 is 0 Å². The largest absolute Gasteiger partial charge is 0.417 e. The molecule has 142 valence electrons. The maximum atomic E-state index is 8.16. The van der Waals surface area contributed by atoms with Crippen molar-refractivity contribution in [2.45, 2.75) is 26.7 Å². The Morgan fingerprint density at radius 3 is 2.46 bits per heavy atom. The second kappa shape index (κ2) is 8.43. The molecule has 2 N–H and O–H groups in total. The van der Waals surface area contributed by atoms with Crippen LogP contribution in [-0.2, 0) is 4.74 Å². The zero-order chi connectivity index (χ0) is 20.1. The van der Waals surface area contributed by atoms with Crippen LogP contribution in [0.15, 0.2) is 81.3 Å². The monoisotopic (exact) mass is 373 g/mol. The predicted molar refractivity (Wildman–Crippen MR) is 114 cm³/mol. The number of nitrogens with zero attached hydrogens (tertiary/aromatic N) is 3. The number of ether oxygens (including phenoxy) is 1. The van der Waals surface area contributed by atoms with E-state index in [-0.39, 0.29) is 17.4 Å². The third kappa shape index (κ3) is 4.06. The van der Waals surface area contributed by atoms with E-state index in [1.807, 2.05) is 55.5 Å². The van der Waals surface area contributed by atoms with E-state index in [2.05, 4.69) is 47.1 Å². The summed E-state index contributed by atoms with van der Waals surface area (Å²) in [5.74, 6) is 0.940. The smallest absolute Gasteiger partial charge is 0.245 e. The lowest BCUT2D eigenvalue weighted by Gasteiger charge is -2.13. The zero-order valence-corrected chi connectivity index (χ0v) is 16.2. The number of nitrogens with one attached hydrogen (secondary N) is 2. The molecule has 6 heteroatoms. The summed E-state index contributed by atoms with van der Waals surface area (Å²) in [5, 5.41) is 12.4. The van der Waals surface area contributed by atoms with Crippen molar-refractivity contribution in [3.63, 3.8) is 0 Å². The summed E-state index contributed by atoms with van der Waals surface area (Å²) in [6.45, 7) is 9.64. The molecule has 0 unspecified atom stereocenters. The number of amidine groups is 1. The fourth-order valence-corrected chi connectivity index (χ4v) is 2.89. The van der Waals surface area contributed by atoms with E-state index in [0.717, 1.165) is 16.8 Å². The molecule has 28 heavy (non-hydrogen) atoms. The fourth-order valence-electron chi connectivity index (χ4n) is 2.89. The molecule has 0 aromatic heterocycles. The van der Waals surface area contributed by atoms with Crippen molar-refractivity contribution in [1.29, 1.82) is 5.41 Å². The van der Waals surface area contributed by atoms with Crippen LogP contribution in [0.4, 0.5) is 0 Å².